The average molecular weight is 547 g/mol. The molecule has 196 valence electrons. The van der Waals surface area contributed by atoms with Gasteiger partial charge >= 0.3 is 0 Å². The highest BCUT2D eigenvalue weighted by Crippen LogP contribution is 2.34. The Morgan fingerprint density at radius 2 is 1.95 bits per heavy atom. The van der Waals surface area contributed by atoms with E-state index in [0.29, 0.717) is 57.9 Å². The van der Waals surface area contributed by atoms with Crippen LogP contribution in [0.15, 0.2) is 42.9 Å². The number of likely N-dealkylation sites (N-methyl/N-ethyl adjacent to an activating group) is 1. The van der Waals surface area contributed by atoms with Crippen LogP contribution in [0.2, 0.25) is 10.0 Å². The quantitative estimate of drug-likeness (QED) is 0.245. The van der Waals surface area contributed by atoms with Crippen LogP contribution in [-0.4, -0.2) is 54.6 Å². The lowest BCUT2D eigenvalue weighted by Gasteiger charge is -2.50. The van der Waals surface area contributed by atoms with Crippen molar-refractivity contribution in [1.82, 2.24) is 15.3 Å². The number of rotatable bonds is 10. The molecule has 1 aliphatic heterocycles. The maximum atomic E-state index is 15.1. The number of hydrogen-bond acceptors (Lipinski definition) is 8. The van der Waals surface area contributed by atoms with E-state index in [9.17, 15) is 0 Å². The van der Waals surface area contributed by atoms with E-state index in [0.717, 1.165) is 6.54 Å². The van der Waals surface area contributed by atoms with Gasteiger partial charge in [0.25, 0.3) is 0 Å². The minimum absolute atomic E-state index is 0.0264. The number of nitrogen functional groups attached to an aromatic ring is 1. The number of aromatic nitrogens is 2. The topological polar surface area (TPSA) is 109 Å². The van der Waals surface area contributed by atoms with Crippen molar-refractivity contribution in [2.75, 3.05) is 44.0 Å². The van der Waals surface area contributed by atoms with Gasteiger partial charge in [-0.15, -0.1) is 0 Å². The molecular weight excluding hydrogens is 518 g/mol. The predicted molar refractivity (Wildman–Crippen MR) is 145 cm³/mol. The molecule has 8 nitrogen and oxygen atoms in total. The Balaban J connectivity index is 1.52. The summed E-state index contributed by atoms with van der Waals surface area (Å²) in [6, 6.07) is 6.26. The number of hydrogen-bond donors (Lipinski definition) is 3. The van der Waals surface area contributed by atoms with Crippen LogP contribution in [0.5, 0.6) is 5.75 Å². The first-order chi connectivity index (χ1) is 17.7. The van der Waals surface area contributed by atoms with Crippen molar-refractivity contribution < 1.29 is 13.9 Å². The van der Waals surface area contributed by atoms with E-state index in [1.54, 1.807) is 32.2 Å². The molecular formula is C26H29Cl2FN6O2. The van der Waals surface area contributed by atoms with Crippen molar-refractivity contribution >= 4 is 40.4 Å². The zero-order valence-electron chi connectivity index (χ0n) is 20.8. The van der Waals surface area contributed by atoms with E-state index in [2.05, 4.69) is 15.3 Å². The molecule has 11 heteroatoms. The third-order valence-electron chi connectivity index (χ3n) is 6.27. The molecule has 1 aliphatic rings. The molecule has 1 fully saturated rings. The van der Waals surface area contributed by atoms with Gasteiger partial charge in [-0.05, 0) is 37.7 Å². The molecule has 0 unspecified atom stereocenters. The lowest BCUT2D eigenvalue weighted by Crippen LogP contribution is -2.72. The number of anilines is 2. The number of ether oxygens (including phenoxy) is 2. The summed E-state index contributed by atoms with van der Waals surface area (Å²) in [5, 5.41) is 12.9. The van der Waals surface area contributed by atoms with Crippen molar-refractivity contribution in [3.63, 3.8) is 0 Å². The Morgan fingerprint density at radius 3 is 2.57 bits per heavy atom. The second-order valence-corrected chi connectivity index (χ2v) is 9.84. The van der Waals surface area contributed by atoms with Crippen molar-refractivity contribution in [3.8, 4) is 5.75 Å². The maximum Gasteiger partial charge on any atom is 0.166 e. The first-order valence-electron chi connectivity index (χ1n) is 11.8. The number of nitrogens with zero attached hydrogens (tertiary/aromatic N) is 3. The SMILES string of the molecule is CCNC1(COC)CN(c2ncc(C(=N)c3cc(O[C@H](C)c4c(Cl)cncc4Cl)ccc3N)cc2F)C1. The van der Waals surface area contributed by atoms with Gasteiger partial charge in [0.2, 0.25) is 0 Å². The number of nitrogens with two attached hydrogens (primary N) is 1. The first kappa shape index (κ1) is 27.1. The monoisotopic (exact) mass is 546 g/mol. The molecule has 0 radical (unpaired) electrons. The molecule has 0 bridgehead atoms. The van der Waals surface area contributed by atoms with E-state index in [-0.39, 0.29) is 17.1 Å². The molecule has 3 heterocycles. The summed E-state index contributed by atoms with van der Waals surface area (Å²) in [6.45, 7) is 6.29. The highest BCUT2D eigenvalue weighted by atomic mass is 35.5. The zero-order valence-corrected chi connectivity index (χ0v) is 22.3. The zero-order chi connectivity index (χ0) is 26.7. The van der Waals surface area contributed by atoms with Gasteiger partial charge in [-0.1, -0.05) is 30.1 Å². The molecule has 1 atom stereocenters. The van der Waals surface area contributed by atoms with E-state index in [1.165, 1.54) is 24.7 Å². The van der Waals surface area contributed by atoms with Crippen LogP contribution in [0.1, 0.15) is 36.6 Å². The molecule has 4 N–H and O–H groups in total. The van der Waals surface area contributed by atoms with Gasteiger partial charge in [0.05, 0.1) is 27.9 Å². The van der Waals surface area contributed by atoms with Gasteiger partial charge in [-0.25, -0.2) is 9.37 Å². The largest absolute Gasteiger partial charge is 0.486 e. The van der Waals surface area contributed by atoms with Crippen LogP contribution in [0.4, 0.5) is 15.9 Å². The summed E-state index contributed by atoms with van der Waals surface area (Å²) in [5.41, 5.74) is 7.61. The third kappa shape index (κ3) is 5.65. The number of halogens is 3. The Labute approximate surface area is 225 Å². The van der Waals surface area contributed by atoms with E-state index in [4.69, 9.17) is 43.8 Å². The van der Waals surface area contributed by atoms with E-state index >= 15 is 4.39 Å². The number of pyridine rings is 2. The Morgan fingerprint density at radius 1 is 1.24 bits per heavy atom. The van der Waals surface area contributed by atoms with Crippen LogP contribution in [-0.2, 0) is 4.74 Å². The summed E-state index contributed by atoms with van der Waals surface area (Å²) in [7, 11) is 1.65. The highest BCUT2D eigenvalue weighted by molar-refractivity contribution is 6.35. The summed E-state index contributed by atoms with van der Waals surface area (Å²) in [4.78, 5) is 10.1. The fourth-order valence-electron chi connectivity index (χ4n) is 4.59. The third-order valence-corrected chi connectivity index (χ3v) is 6.88. The van der Waals surface area contributed by atoms with Crippen molar-refractivity contribution in [3.05, 3.63) is 75.4 Å². The maximum absolute atomic E-state index is 15.1. The summed E-state index contributed by atoms with van der Waals surface area (Å²) >= 11 is 12.5. The van der Waals surface area contributed by atoms with Crippen LogP contribution in [0.3, 0.4) is 0 Å². The smallest absolute Gasteiger partial charge is 0.166 e. The Bertz CT molecular complexity index is 1270. The lowest BCUT2D eigenvalue weighted by atomic mass is 9.90. The molecule has 3 aromatic rings. The molecule has 0 spiro atoms. The van der Waals surface area contributed by atoms with Gasteiger partial charge in [-0.2, -0.15) is 0 Å². The predicted octanol–water partition coefficient (Wildman–Crippen LogP) is 4.88. The molecule has 37 heavy (non-hydrogen) atoms. The number of nitrogens with one attached hydrogen (secondary N) is 2. The summed E-state index contributed by atoms with van der Waals surface area (Å²) in [6.07, 6.45) is 3.98. The van der Waals surface area contributed by atoms with Gasteiger partial charge < -0.3 is 25.4 Å². The van der Waals surface area contributed by atoms with Crippen molar-refractivity contribution in [2.45, 2.75) is 25.5 Å². The minimum atomic E-state index is -0.508. The average Bonchev–Trinajstić information content (AvgIpc) is 2.83. The lowest BCUT2D eigenvalue weighted by molar-refractivity contribution is 0.0891. The van der Waals surface area contributed by atoms with Crippen LogP contribution >= 0.6 is 23.2 Å². The fraction of sp³-hybridized carbons (Fsp3) is 0.346. The molecule has 1 saturated heterocycles. The molecule has 0 saturated carbocycles. The normalized spacial score (nSPS) is 15.2. The Kier molecular flexibility index (Phi) is 8.18. The number of benzene rings is 1. The van der Waals surface area contributed by atoms with Crippen LogP contribution < -0.4 is 20.7 Å². The van der Waals surface area contributed by atoms with Gasteiger partial charge in [-0.3, -0.25) is 10.4 Å². The van der Waals surface area contributed by atoms with Crippen molar-refractivity contribution in [2.24, 2.45) is 0 Å². The van der Waals surface area contributed by atoms with Crippen LogP contribution in [0, 0.1) is 11.2 Å². The minimum Gasteiger partial charge on any atom is -0.486 e. The molecule has 1 aromatic carbocycles. The van der Waals surface area contributed by atoms with Gasteiger partial charge in [0.15, 0.2) is 11.6 Å². The standard InChI is InChI=1S/C26H29Cl2FN6O2/c1-4-34-26(14-36-3)12-35(13-26)25-21(29)7-16(9-33-25)24(31)18-8-17(5-6-22(18)30)37-15(2)23-19(27)10-32-11-20(23)28/h5-11,15,31,34H,4,12-14,30H2,1-3H3/t15-/m1/s1. The highest BCUT2D eigenvalue weighted by Gasteiger charge is 2.44. The molecule has 0 amide bonds. The summed E-state index contributed by atoms with van der Waals surface area (Å²) in [5.74, 6) is 0.187. The second kappa shape index (κ2) is 11.2. The van der Waals surface area contributed by atoms with Gasteiger partial charge in [0.1, 0.15) is 11.9 Å². The van der Waals surface area contributed by atoms with Gasteiger partial charge in [0, 0.05) is 61.2 Å². The number of methoxy groups -OCH3 is 1. The fourth-order valence-corrected chi connectivity index (χ4v) is 5.27. The van der Waals surface area contributed by atoms with Crippen molar-refractivity contribution in [1.29, 1.82) is 5.41 Å². The molecule has 0 aliphatic carbocycles. The molecule has 4 rings (SSSR count). The van der Waals surface area contributed by atoms with E-state index in [1.807, 2.05) is 11.8 Å². The summed E-state index contributed by atoms with van der Waals surface area (Å²) < 4.78 is 26.5. The van der Waals surface area contributed by atoms with Crippen LogP contribution in [0.25, 0.3) is 0 Å². The first-order valence-corrected chi connectivity index (χ1v) is 12.5. The second-order valence-electron chi connectivity index (χ2n) is 9.03. The van der Waals surface area contributed by atoms with E-state index < -0.39 is 11.9 Å². The Hall–Kier alpha value is -2.98. The molecule has 2 aromatic heterocycles.